The quantitative estimate of drug-likeness (QED) is 0.678. The first-order chi connectivity index (χ1) is 16.4. The van der Waals surface area contributed by atoms with Crippen molar-refractivity contribution in [2.24, 2.45) is 0 Å². The Kier molecular flexibility index (Phi) is 7.42. The zero-order chi connectivity index (χ0) is 24.1. The van der Waals surface area contributed by atoms with E-state index in [0.717, 1.165) is 11.4 Å². The molecule has 0 radical (unpaired) electrons. The molecule has 0 bridgehead atoms. The van der Waals surface area contributed by atoms with Gasteiger partial charge in [0.1, 0.15) is 11.8 Å². The zero-order valence-corrected chi connectivity index (χ0v) is 19.8. The maximum Gasteiger partial charge on any atom is 0.322 e. The van der Waals surface area contributed by atoms with Gasteiger partial charge in [-0.25, -0.2) is 4.79 Å². The number of hydrogen-bond donors (Lipinski definition) is 2. The molecular weight excluding hydrogens is 458 g/mol. The lowest BCUT2D eigenvalue weighted by Crippen LogP contribution is -2.60. The van der Waals surface area contributed by atoms with Crippen molar-refractivity contribution in [1.82, 2.24) is 15.1 Å². The van der Waals surface area contributed by atoms with Gasteiger partial charge in [0.05, 0.1) is 13.5 Å². The third-order valence-corrected chi connectivity index (χ3v) is 6.34. The van der Waals surface area contributed by atoms with Crippen molar-refractivity contribution < 1.29 is 19.1 Å². The Morgan fingerprint density at radius 2 is 1.82 bits per heavy atom. The molecule has 2 fully saturated rings. The molecule has 2 aromatic carbocycles. The van der Waals surface area contributed by atoms with Crippen molar-refractivity contribution in [2.75, 3.05) is 56.6 Å². The number of methoxy groups -OCH3 is 1. The lowest BCUT2D eigenvalue weighted by atomic mass is 10.1. The van der Waals surface area contributed by atoms with Crippen molar-refractivity contribution in [1.29, 1.82) is 0 Å². The lowest BCUT2D eigenvalue weighted by Gasteiger charge is -2.38. The molecule has 0 unspecified atom stereocenters. The molecule has 2 aliphatic rings. The topological polar surface area (TPSA) is 94.2 Å². The monoisotopic (exact) mass is 485 g/mol. The van der Waals surface area contributed by atoms with Crippen LogP contribution in [0, 0.1) is 0 Å². The molecule has 0 spiro atoms. The van der Waals surface area contributed by atoms with E-state index in [1.165, 1.54) is 4.90 Å². The van der Waals surface area contributed by atoms with E-state index >= 15 is 0 Å². The summed E-state index contributed by atoms with van der Waals surface area (Å²) in [6.45, 7) is 3.14. The van der Waals surface area contributed by atoms with Gasteiger partial charge in [-0.05, 0) is 42.5 Å². The van der Waals surface area contributed by atoms with E-state index in [9.17, 15) is 14.4 Å². The smallest absolute Gasteiger partial charge is 0.322 e. The van der Waals surface area contributed by atoms with Crippen molar-refractivity contribution in [3.8, 4) is 5.75 Å². The summed E-state index contributed by atoms with van der Waals surface area (Å²) in [5, 5.41) is 6.03. The van der Waals surface area contributed by atoms with E-state index in [1.54, 1.807) is 36.3 Å². The minimum absolute atomic E-state index is 0.0582. The van der Waals surface area contributed by atoms with Crippen LogP contribution in [0.4, 0.5) is 16.2 Å². The molecule has 0 aromatic heterocycles. The molecule has 1 atom stereocenters. The second kappa shape index (κ2) is 10.6. The highest BCUT2D eigenvalue weighted by Gasteiger charge is 2.36. The number of piperazine rings is 2. The molecule has 2 heterocycles. The van der Waals surface area contributed by atoms with Crippen LogP contribution >= 0.6 is 11.6 Å². The minimum atomic E-state index is -0.861. The van der Waals surface area contributed by atoms with Crippen LogP contribution in [0.15, 0.2) is 48.5 Å². The summed E-state index contributed by atoms with van der Waals surface area (Å²) in [6, 6.07) is 13.3. The average molecular weight is 486 g/mol. The van der Waals surface area contributed by atoms with E-state index in [2.05, 4.69) is 15.5 Å². The first-order valence-corrected chi connectivity index (χ1v) is 11.6. The molecular formula is C24H28ClN5O4. The van der Waals surface area contributed by atoms with Gasteiger partial charge in [0.25, 0.3) is 0 Å². The van der Waals surface area contributed by atoms with Gasteiger partial charge in [-0.2, -0.15) is 0 Å². The molecule has 9 nitrogen and oxygen atoms in total. The number of urea groups is 1. The number of amides is 4. The van der Waals surface area contributed by atoms with Crippen LogP contribution in [0.2, 0.25) is 5.02 Å². The first-order valence-electron chi connectivity index (χ1n) is 11.2. The highest BCUT2D eigenvalue weighted by Crippen LogP contribution is 2.22. The number of rotatable bonds is 5. The predicted molar refractivity (Wildman–Crippen MR) is 130 cm³/mol. The highest BCUT2D eigenvalue weighted by molar-refractivity contribution is 6.30. The Morgan fingerprint density at radius 1 is 1.09 bits per heavy atom. The van der Waals surface area contributed by atoms with Crippen LogP contribution in [-0.2, 0) is 9.59 Å². The second-order valence-electron chi connectivity index (χ2n) is 8.21. The van der Waals surface area contributed by atoms with Gasteiger partial charge in [0, 0.05) is 55.7 Å². The number of carbonyl (C=O) groups excluding carboxylic acids is 3. The number of nitrogens with one attached hydrogen (secondary N) is 2. The summed E-state index contributed by atoms with van der Waals surface area (Å²) in [4.78, 5) is 43.9. The van der Waals surface area contributed by atoms with Gasteiger partial charge in [-0.15, -0.1) is 0 Å². The van der Waals surface area contributed by atoms with E-state index in [-0.39, 0.29) is 18.2 Å². The number of carbonyl (C=O) groups is 3. The van der Waals surface area contributed by atoms with Crippen molar-refractivity contribution in [3.05, 3.63) is 53.6 Å². The fourth-order valence-electron chi connectivity index (χ4n) is 4.22. The molecule has 4 amide bonds. The van der Waals surface area contributed by atoms with Crippen LogP contribution in [0.5, 0.6) is 5.75 Å². The summed E-state index contributed by atoms with van der Waals surface area (Å²) in [7, 11) is 1.63. The summed E-state index contributed by atoms with van der Waals surface area (Å²) in [5.41, 5.74) is 1.60. The molecule has 180 valence electrons. The number of anilines is 2. The molecule has 2 saturated heterocycles. The summed E-state index contributed by atoms with van der Waals surface area (Å²) in [5.74, 6) is 0.335. The standard InChI is InChI=1S/C24H28ClN5O4/c1-34-20-7-5-19(6-8-20)28-11-13-29(14-12-28)22(31)16-21-23(32)26-9-10-30(21)24(33)27-18-4-2-3-17(25)15-18/h2-8,15,21H,9-14,16H2,1H3,(H,26,32)(H,27,33)/t21-/m1/s1. The SMILES string of the molecule is COc1ccc(N2CCN(C(=O)C[C@@H]3C(=O)NCCN3C(=O)Nc3cccc(Cl)c3)CC2)cc1. The Bertz CT molecular complexity index is 1040. The summed E-state index contributed by atoms with van der Waals surface area (Å²) in [6.07, 6.45) is -0.0582. The Balaban J connectivity index is 1.35. The summed E-state index contributed by atoms with van der Waals surface area (Å²) < 4.78 is 5.21. The van der Waals surface area contributed by atoms with Gasteiger partial charge >= 0.3 is 6.03 Å². The number of hydrogen-bond acceptors (Lipinski definition) is 5. The highest BCUT2D eigenvalue weighted by atomic mass is 35.5. The van der Waals surface area contributed by atoms with Gasteiger partial charge in [-0.3, -0.25) is 9.59 Å². The molecule has 34 heavy (non-hydrogen) atoms. The fraction of sp³-hybridized carbons (Fsp3) is 0.375. The average Bonchev–Trinajstić information content (AvgIpc) is 2.85. The van der Waals surface area contributed by atoms with Gasteiger partial charge in [0.2, 0.25) is 11.8 Å². The molecule has 10 heteroatoms. The number of benzene rings is 2. The van der Waals surface area contributed by atoms with Crippen LogP contribution < -0.4 is 20.3 Å². The van der Waals surface area contributed by atoms with E-state index in [0.29, 0.717) is 50.0 Å². The maximum atomic E-state index is 13.0. The molecule has 2 N–H and O–H groups in total. The Morgan fingerprint density at radius 3 is 2.50 bits per heavy atom. The lowest BCUT2D eigenvalue weighted by molar-refractivity contribution is -0.137. The third kappa shape index (κ3) is 5.53. The van der Waals surface area contributed by atoms with E-state index < -0.39 is 12.1 Å². The molecule has 4 rings (SSSR count). The molecule has 0 aliphatic carbocycles. The van der Waals surface area contributed by atoms with Crippen molar-refractivity contribution in [2.45, 2.75) is 12.5 Å². The molecule has 0 saturated carbocycles. The maximum absolute atomic E-state index is 13.0. The largest absolute Gasteiger partial charge is 0.497 e. The Labute approximate surface area is 203 Å². The molecule has 2 aromatic rings. The minimum Gasteiger partial charge on any atom is -0.497 e. The second-order valence-corrected chi connectivity index (χ2v) is 8.65. The zero-order valence-electron chi connectivity index (χ0n) is 19.0. The van der Waals surface area contributed by atoms with Gasteiger partial charge < -0.3 is 30.1 Å². The van der Waals surface area contributed by atoms with Crippen molar-refractivity contribution in [3.63, 3.8) is 0 Å². The summed E-state index contributed by atoms with van der Waals surface area (Å²) >= 11 is 6.00. The van der Waals surface area contributed by atoms with Crippen LogP contribution in [0.3, 0.4) is 0 Å². The van der Waals surface area contributed by atoms with E-state index in [4.69, 9.17) is 16.3 Å². The van der Waals surface area contributed by atoms with E-state index in [1.807, 2.05) is 24.3 Å². The normalized spacial score (nSPS) is 18.4. The van der Waals surface area contributed by atoms with Crippen molar-refractivity contribution >= 4 is 40.8 Å². The number of halogens is 1. The first kappa shape index (κ1) is 23.7. The third-order valence-electron chi connectivity index (χ3n) is 6.11. The van der Waals surface area contributed by atoms with Gasteiger partial charge in [-0.1, -0.05) is 17.7 Å². The predicted octanol–water partition coefficient (Wildman–Crippen LogP) is 2.42. The Hall–Kier alpha value is -3.46. The van der Waals surface area contributed by atoms with Crippen LogP contribution in [0.25, 0.3) is 0 Å². The fourth-order valence-corrected chi connectivity index (χ4v) is 4.41. The number of nitrogens with zero attached hydrogens (tertiary/aromatic N) is 3. The van der Waals surface area contributed by atoms with Crippen LogP contribution in [-0.4, -0.2) is 80.1 Å². The number of ether oxygens (including phenoxy) is 1. The molecule has 2 aliphatic heterocycles. The van der Waals surface area contributed by atoms with Gasteiger partial charge in [0.15, 0.2) is 0 Å². The van der Waals surface area contributed by atoms with Crippen LogP contribution in [0.1, 0.15) is 6.42 Å².